The molecule has 8 rings (SSSR count). The molecule has 0 aromatic heterocycles. The predicted octanol–water partition coefficient (Wildman–Crippen LogP) is 7.63. The Morgan fingerprint density at radius 2 is 0.970 bits per heavy atom. The summed E-state index contributed by atoms with van der Waals surface area (Å²) < 4.78 is 67.8. The molecule has 4 atom stereocenters. The summed E-state index contributed by atoms with van der Waals surface area (Å²) in [6.45, 7) is 4.01. The Balaban J connectivity index is 0.000000199. The fourth-order valence-corrected chi connectivity index (χ4v) is 11.0. The Morgan fingerprint density at radius 3 is 1.42 bits per heavy atom. The van der Waals surface area contributed by atoms with E-state index in [2.05, 4.69) is 9.44 Å². The number of aliphatic hydroxyl groups is 2. The number of ketones is 2. The molecule has 2 aliphatic rings. The number of hydrogen-bond acceptors (Lipinski definition) is 10. The molecule has 12 nitrogen and oxygen atoms in total. The lowest BCUT2D eigenvalue weighted by molar-refractivity contribution is 0.0984. The van der Waals surface area contributed by atoms with Crippen LogP contribution in [-0.2, 0) is 58.6 Å². The molecule has 6 aromatic carbocycles. The van der Waals surface area contributed by atoms with Gasteiger partial charge in [-0.2, -0.15) is 0 Å². The van der Waals surface area contributed by atoms with Crippen LogP contribution in [0.3, 0.4) is 0 Å². The highest BCUT2D eigenvalue weighted by atomic mass is 32.2. The molecule has 0 saturated carbocycles. The number of sulfonamides is 2. The summed E-state index contributed by atoms with van der Waals surface area (Å²) >= 11 is 0. The quantitative estimate of drug-likeness (QED) is 0.0704. The number of aliphatic hydroxyl groups excluding tert-OH is 2. The van der Waals surface area contributed by atoms with Crippen molar-refractivity contribution in [3.05, 3.63) is 189 Å². The van der Waals surface area contributed by atoms with Crippen molar-refractivity contribution < 1.29 is 46.1 Å². The number of carbonyl (C=O) groups is 2. The third-order valence-corrected chi connectivity index (χ3v) is 15.3. The van der Waals surface area contributed by atoms with E-state index in [4.69, 9.17) is 9.47 Å². The number of benzene rings is 6. The maximum Gasteiger partial charge on any atom is 0.241 e. The average Bonchev–Trinajstić information content (AvgIpc) is 3.65. The smallest absolute Gasteiger partial charge is 0.241 e. The molecule has 67 heavy (non-hydrogen) atoms. The van der Waals surface area contributed by atoms with Gasteiger partial charge in [-0.3, -0.25) is 9.59 Å². The number of carbonyl (C=O) groups excluding carboxylic acids is 2. The van der Waals surface area contributed by atoms with Crippen LogP contribution in [-0.4, -0.2) is 65.0 Å². The molecule has 0 bridgehead atoms. The van der Waals surface area contributed by atoms with Crippen LogP contribution in [0.5, 0.6) is 11.5 Å². The first-order chi connectivity index (χ1) is 32.1. The van der Waals surface area contributed by atoms with E-state index in [1.807, 2.05) is 50.2 Å². The number of ether oxygens (including phenoxy) is 2. The molecule has 0 spiro atoms. The van der Waals surface area contributed by atoms with E-state index in [-0.39, 0.29) is 34.2 Å². The zero-order chi connectivity index (χ0) is 47.9. The minimum atomic E-state index is -3.84. The number of fused-ring (bicyclic) bond motifs is 2. The topological polar surface area (TPSA) is 185 Å². The first-order valence-electron chi connectivity index (χ1n) is 22.3. The van der Waals surface area contributed by atoms with Crippen LogP contribution in [0, 0.1) is 0 Å². The van der Waals surface area contributed by atoms with E-state index in [0.29, 0.717) is 53.0 Å². The molecule has 4 N–H and O–H groups in total. The Morgan fingerprint density at radius 1 is 0.552 bits per heavy atom. The fourth-order valence-electron chi connectivity index (χ4n) is 8.46. The number of methoxy groups -OCH3 is 2. The van der Waals surface area contributed by atoms with Crippen LogP contribution in [0.2, 0.25) is 0 Å². The van der Waals surface area contributed by atoms with Gasteiger partial charge >= 0.3 is 0 Å². The van der Waals surface area contributed by atoms with E-state index in [1.165, 1.54) is 0 Å². The minimum absolute atomic E-state index is 0.0663. The van der Waals surface area contributed by atoms with Crippen LogP contribution in [0.15, 0.2) is 143 Å². The highest BCUT2D eigenvalue weighted by Gasteiger charge is 2.35. The van der Waals surface area contributed by atoms with Crippen molar-refractivity contribution in [3.63, 3.8) is 0 Å². The molecule has 0 fully saturated rings. The fraction of sp³-hybridized carbons (Fsp3) is 0.283. The summed E-state index contributed by atoms with van der Waals surface area (Å²) in [6, 6.07) is 37.1. The number of rotatable bonds is 16. The molecule has 14 heteroatoms. The maximum absolute atomic E-state index is 13.1. The predicted molar refractivity (Wildman–Crippen MR) is 257 cm³/mol. The van der Waals surface area contributed by atoms with Crippen LogP contribution in [0.1, 0.15) is 97.6 Å². The van der Waals surface area contributed by atoms with Crippen molar-refractivity contribution in [1.82, 2.24) is 9.44 Å². The van der Waals surface area contributed by atoms with E-state index in [0.717, 1.165) is 46.2 Å². The van der Waals surface area contributed by atoms with Crippen molar-refractivity contribution in [2.45, 2.75) is 92.9 Å². The number of aryl methyl sites for hydroxylation is 3. The zero-order valence-corrected chi connectivity index (χ0v) is 39.6. The molecule has 2 aliphatic carbocycles. The van der Waals surface area contributed by atoms with Gasteiger partial charge in [0.05, 0.1) is 48.3 Å². The number of nitrogens with one attached hydrogen (secondary N) is 2. The average molecular weight is 945 g/mol. The van der Waals surface area contributed by atoms with E-state index < -0.39 is 44.3 Å². The Labute approximate surface area is 393 Å². The van der Waals surface area contributed by atoms with Gasteiger partial charge in [0.15, 0.2) is 11.6 Å². The van der Waals surface area contributed by atoms with Gasteiger partial charge in [0.1, 0.15) is 11.5 Å². The molecule has 0 unspecified atom stereocenters. The molecule has 0 saturated heterocycles. The van der Waals surface area contributed by atoms with Crippen LogP contribution in [0.4, 0.5) is 0 Å². The molecule has 0 aliphatic heterocycles. The summed E-state index contributed by atoms with van der Waals surface area (Å²) in [5.74, 6) is 1.09. The van der Waals surface area contributed by atoms with Gasteiger partial charge in [0.2, 0.25) is 20.0 Å². The van der Waals surface area contributed by atoms with Gasteiger partial charge in [0, 0.05) is 30.4 Å². The summed E-state index contributed by atoms with van der Waals surface area (Å²) in [4.78, 5) is 25.9. The minimum Gasteiger partial charge on any atom is -0.497 e. The van der Waals surface area contributed by atoms with E-state index >= 15 is 0 Å². The lowest BCUT2D eigenvalue weighted by Crippen LogP contribution is -2.39. The summed E-state index contributed by atoms with van der Waals surface area (Å²) in [7, 11) is -4.56. The standard InChI is InChI=1S/C27H29NO5S.C26H27NO5S/c1-3-18-8-12-23(13-9-18)34(31,32)28-27-24-15-19(7-10-20(24)11-14-25(27)29)16-26(30)21-5-4-6-22(17-21)33-2;1-3-17-8-11-22(12-9-17)33(30,31)27-26-23-13-18(7-10-19(23)16-25(26)29)14-24(28)20-5-4-6-21(15-20)32-2/h4-10,12-13,15,17,25,27-29H,3,11,14,16H2,1-2H3;4-13,15,25-27,29H,3,14,16H2,1-2H3/t25-,27-;25-,26-/m11/s1. The molecule has 0 amide bonds. The highest BCUT2D eigenvalue weighted by molar-refractivity contribution is 7.89. The summed E-state index contributed by atoms with van der Waals surface area (Å²) in [5, 5.41) is 21.3. The van der Waals surface area contributed by atoms with E-state index in [9.17, 15) is 36.6 Å². The first kappa shape index (κ1) is 48.9. The van der Waals surface area contributed by atoms with Crippen molar-refractivity contribution >= 4 is 31.6 Å². The van der Waals surface area contributed by atoms with Gasteiger partial charge in [-0.1, -0.05) is 98.8 Å². The van der Waals surface area contributed by atoms with Crippen molar-refractivity contribution in [2.75, 3.05) is 14.2 Å². The SMILES string of the molecule is CCc1ccc(S(=O)(=O)N[C@@H]2c3cc(CC(=O)c4cccc(OC)c4)ccc3CC[C@H]2O)cc1.CCc1ccc(S(=O)(=O)N[C@@H]2c3cc(CC(=O)c4cccc(OC)c4)ccc3C[C@H]2O)cc1. The van der Waals surface area contributed by atoms with Gasteiger partial charge in [-0.05, 0) is 119 Å². The second-order valence-corrected chi connectivity index (χ2v) is 20.2. The molecular formula is C53H56N2O10S2. The van der Waals surface area contributed by atoms with Crippen LogP contribution in [0.25, 0.3) is 0 Å². The van der Waals surface area contributed by atoms with E-state index in [1.54, 1.807) is 111 Å². The second kappa shape index (κ2) is 21.3. The van der Waals surface area contributed by atoms with Gasteiger partial charge in [-0.25, -0.2) is 26.3 Å². The molecule has 6 aromatic rings. The normalized spacial score (nSPS) is 17.6. The molecular weight excluding hydrogens is 889 g/mol. The monoisotopic (exact) mass is 944 g/mol. The maximum atomic E-state index is 13.1. The first-order valence-corrected chi connectivity index (χ1v) is 25.2. The van der Waals surface area contributed by atoms with Gasteiger partial charge < -0.3 is 19.7 Å². The Hall–Kier alpha value is -6.00. The third-order valence-electron chi connectivity index (χ3n) is 12.4. The van der Waals surface area contributed by atoms with Gasteiger partial charge in [0.25, 0.3) is 0 Å². The zero-order valence-electron chi connectivity index (χ0n) is 37.9. The second-order valence-electron chi connectivity index (χ2n) is 16.8. The molecule has 0 heterocycles. The van der Waals surface area contributed by atoms with Gasteiger partial charge in [-0.15, -0.1) is 0 Å². The van der Waals surface area contributed by atoms with Crippen LogP contribution >= 0.6 is 0 Å². The molecule has 0 radical (unpaired) electrons. The van der Waals surface area contributed by atoms with Crippen molar-refractivity contribution in [3.8, 4) is 11.5 Å². The molecule has 350 valence electrons. The lowest BCUT2D eigenvalue weighted by atomic mass is 9.84. The summed E-state index contributed by atoms with van der Waals surface area (Å²) in [5.41, 5.74) is 7.96. The third kappa shape index (κ3) is 11.8. The Kier molecular flexibility index (Phi) is 15.6. The number of Topliss-reactive ketones (excluding diaryl/α,β-unsaturated/α-hetero) is 2. The highest BCUT2D eigenvalue weighted by Crippen LogP contribution is 2.35. The largest absolute Gasteiger partial charge is 0.497 e. The number of hydrogen-bond donors (Lipinski definition) is 4. The Bertz CT molecular complexity index is 2960. The summed E-state index contributed by atoms with van der Waals surface area (Å²) in [6.07, 6.45) is 1.67. The van der Waals surface area contributed by atoms with Crippen molar-refractivity contribution in [2.24, 2.45) is 0 Å². The van der Waals surface area contributed by atoms with Crippen molar-refractivity contribution in [1.29, 1.82) is 0 Å². The van der Waals surface area contributed by atoms with Crippen LogP contribution < -0.4 is 18.9 Å². The lowest BCUT2D eigenvalue weighted by Gasteiger charge is -2.31.